The molecule has 4 nitrogen and oxygen atoms in total. The van der Waals surface area contributed by atoms with Crippen LogP contribution in [0.2, 0.25) is 0 Å². The Morgan fingerprint density at radius 1 is 1.53 bits per heavy atom. The van der Waals surface area contributed by atoms with Gasteiger partial charge < -0.3 is 5.32 Å². The zero-order valence-corrected chi connectivity index (χ0v) is 10.1. The summed E-state index contributed by atoms with van der Waals surface area (Å²) < 4.78 is 22.3. The van der Waals surface area contributed by atoms with Crippen molar-refractivity contribution in [1.82, 2.24) is 5.32 Å². The largest absolute Gasteiger partial charge is 0.352 e. The van der Waals surface area contributed by atoms with Crippen molar-refractivity contribution in [1.29, 1.82) is 0 Å². The number of hydrogen-bond acceptors (Lipinski definition) is 3. The fourth-order valence-electron chi connectivity index (χ4n) is 1.82. The number of carbonyl (C=O) groups is 1. The highest BCUT2D eigenvalue weighted by atomic mass is 32.2. The zero-order valence-electron chi connectivity index (χ0n) is 9.32. The molecule has 0 aliphatic carbocycles. The lowest BCUT2D eigenvalue weighted by molar-refractivity contribution is -0.125. The van der Waals surface area contributed by atoms with Gasteiger partial charge in [0.15, 0.2) is 9.84 Å². The standard InChI is InChI=1S/C10H19NO3S/c1-3-4-8(2)10(12)11-9-5-6-15(13,14)7-9/h8-9H,3-7H2,1-2H3,(H,11,12). The summed E-state index contributed by atoms with van der Waals surface area (Å²) in [7, 11) is -2.89. The number of rotatable bonds is 4. The molecule has 0 aromatic rings. The lowest BCUT2D eigenvalue weighted by Crippen LogP contribution is -2.38. The van der Waals surface area contributed by atoms with Crippen LogP contribution in [0.25, 0.3) is 0 Å². The molecule has 1 saturated heterocycles. The average molecular weight is 233 g/mol. The molecule has 0 aromatic carbocycles. The molecule has 1 amide bonds. The predicted octanol–water partition coefficient (Wildman–Crippen LogP) is 0.726. The van der Waals surface area contributed by atoms with Crippen LogP contribution in [0.1, 0.15) is 33.1 Å². The van der Waals surface area contributed by atoms with Gasteiger partial charge in [-0.1, -0.05) is 20.3 Å². The van der Waals surface area contributed by atoms with Gasteiger partial charge in [-0.2, -0.15) is 0 Å². The summed E-state index contributed by atoms with van der Waals surface area (Å²) in [6.07, 6.45) is 2.38. The van der Waals surface area contributed by atoms with Crippen LogP contribution in [0.15, 0.2) is 0 Å². The van der Waals surface area contributed by atoms with Gasteiger partial charge >= 0.3 is 0 Å². The molecule has 0 bridgehead atoms. The molecule has 0 aromatic heterocycles. The van der Waals surface area contributed by atoms with Gasteiger partial charge in [0.1, 0.15) is 0 Å². The molecule has 1 heterocycles. The lowest BCUT2D eigenvalue weighted by Gasteiger charge is -2.15. The molecule has 5 heteroatoms. The first-order valence-corrected chi connectivity index (χ1v) is 7.27. The van der Waals surface area contributed by atoms with Gasteiger partial charge in [0, 0.05) is 12.0 Å². The van der Waals surface area contributed by atoms with E-state index in [0.29, 0.717) is 6.42 Å². The second-order valence-electron chi connectivity index (χ2n) is 4.30. The van der Waals surface area contributed by atoms with E-state index in [9.17, 15) is 13.2 Å². The highest BCUT2D eigenvalue weighted by Crippen LogP contribution is 2.13. The molecule has 1 N–H and O–H groups in total. The van der Waals surface area contributed by atoms with E-state index in [2.05, 4.69) is 5.32 Å². The Bertz CT molecular complexity index is 324. The molecule has 1 aliphatic heterocycles. The zero-order chi connectivity index (χ0) is 11.5. The van der Waals surface area contributed by atoms with Crippen LogP contribution in [0.5, 0.6) is 0 Å². The van der Waals surface area contributed by atoms with Gasteiger partial charge in [0.2, 0.25) is 5.91 Å². The first-order chi connectivity index (χ1) is 6.94. The van der Waals surface area contributed by atoms with E-state index >= 15 is 0 Å². The predicted molar refractivity (Wildman–Crippen MR) is 59.3 cm³/mol. The molecule has 0 radical (unpaired) electrons. The van der Waals surface area contributed by atoms with E-state index in [1.807, 2.05) is 13.8 Å². The molecule has 1 rings (SSSR count). The van der Waals surface area contributed by atoms with Gasteiger partial charge in [-0.15, -0.1) is 0 Å². The van der Waals surface area contributed by atoms with Crippen molar-refractivity contribution in [2.24, 2.45) is 5.92 Å². The van der Waals surface area contributed by atoms with E-state index in [1.54, 1.807) is 0 Å². The number of amides is 1. The summed E-state index contributed by atoms with van der Waals surface area (Å²) in [5.41, 5.74) is 0. The quantitative estimate of drug-likeness (QED) is 0.778. The van der Waals surface area contributed by atoms with Crippen LogP contribution in [0.3, 0.4) is 0 Å². The summed E-state index contributed by atoms with van der Waals surface area (Å²) in [6.45, 7) is 3.91. The summed E-state index contributed by atoms with van der Waals surface area (Å²) in [5, 5.41) is 2.80. The van der Waals surface area contributed by atoms with E-state index in [1.165, 1.54) is 0 Å². The summed E-state index contributed by atoms with van der Waals surface area (Å²) in [4.78, 5) is 11.6. The third-order valence-electron chi connectivity index (χ3n) is 2.75. The fraction of sp³-hybridized carbons (Fsp3) is 0.900. The van der Waals surface area contributed by atoms with Crippen molar-refractivity contribution in [2.75, 3.05) is 11.5 Å². The van der Waals surface area contributed by atoms with Crippen LogP contribution in [0, 0.1) is 5.92 Å². The van der Waals surface area contributed by atoms with E-state index in [-0.39, 0.29) is 29.4 Å². The van der Waals surface area contributed by atoms with E-state index in [0.717, 1.165) is 12.8 Å². The third-order valence-corrected chi connectivity index (χ3v) is 4.52. The summed E-state index contributed by atoms with van der Waals surface area (Å²) in [5.74, 6) is 0.287. The second kappa shape index (κ2) is 4.96. The van der Waals surface area contributed by atoms with Crippen molar-refractivity contribution in [3.8, 4) is 0 Å². The first kappa shape index (κ1) is 12.5. The molecule has 1 aliphatic rings. The Morgan fingerprint density at radius 3 is 2.67 bits per heavy atom. The highest BCUT2D eigenvalue weighted by molar-refractivity contribution is 7.91. The highest BCUT2D eigenvalue weighted by Gasteiger charge is 2.29. The maximum atomic E-state index is 11.6. The minimum atomic E-state index is -2.89. The molecule has 2 atom stereocenters. The molecular weight excluding hydrogens is 214 g/mol. The van der Waals surface area contributed by atoms with Gasteiger partial charge in [-0.3, -0.25) is 4.79 Å². The van der Waals surface area contributed by atoms with Crippen LogP contribution < -0.4 is 5.32 Å². The van der Waals surface area contributed by atoms with Crippen molar-refractivity contribution in [3.63, 3.8) is 0 Å². The van der Waals surface area contributed by atoms with Crippen LogP contribution in [-0.4, -0.2) is 31.9 Å². The molecule has 0 spiro atoms. The molecular formula is C10H19NO3S. The minimum absolute atomic E-state index is 0.0149. The Balaban J connectivity index is 2.40. The fourth-order valence-corrected chi connectivity index (χ4v) is 3.49. The van der Waals surface area contributed by atoms with E-state index in [4.69, 9.17) is 0 Å². The van der Waals surface area contributed by atoms with Crippen LogP contribution in [0.4, 0.5) is 0 Å². The van der Waals surface area contributed by atoms with Gasteiger partial charge in [0.05, 0.1) is 11.5 Å². The van der Waals surface area contributed by atoms with Gasteiger partial charge in [-0.05, 0) is 12.8 Å². The van der Waals surface area contributed by atoms with E-state index < -0.39 is 9.84 Å². The summed E-state index contributed by atoms with van der Waals surface area (Å²) in [6, 6.07) is -0.165. The molecule has 1 fully saturated rings. The van der Waals surface area contributed by atoms with Crippen LogP contribution >= 0.6 is 0 Å². The SMILES string of the molecule is CCCC(C)C(=O)NC1CCS(=O)(=O)C1. The molecule has 15 heavy (non-hydrogen) atoms. The summed E-state index contributed by atoms with van der Waals surface area (Å²) >= 11 is 0. The Kier molecular flexibility index (Phi) is 4.13. The number of carbonyl (C=O) groups excluding carboxylic acids is 1. The normalized spacial score (nSPS) is 26.1. The Hall–Kier alpha value is -0.580. The minimum Gasteiger partial charge on any atom is -0.352 e. The third kappa shape index (κ3) is 3.81. The second-order valence-corrected chi connectivity index (χ2v) is 6.53. The monoisotopic (exact) mass is 233 g/mol. The lowest BCUT2D eigenvalue weighted by atomic mass is 10.1. The van der Waals surface area contributed by atoms with Crippen molar-refractivity contribution < 1.29 is 13.2 Å². The van der Waals surface area contributed by atoms with Gasteiger partial charge in [0.25, 0.3) is 0 Å². The smallest absolute Gasteiger partial charge is 0.223 e. The molecule has 0 saturated carbocycles. The van der Waals surface area contributed by atoms with Crippen LogP contribution in [-0.2, 0) is 14.6 Å². The Labute approximate surface area is 91.4 Å². The maximum Gasteiger partial charge on any atom is 0.223 e. The van der Waals surface area contributed by atoms with Crippen molar-refractivity contribution in [2.45, 2.75) is 39.2 Å². The number of nitrogens with one attached hydrogen (secondary N) is 1. The number of sulfone groups is 1. The average Bonchev–Trinajstić information content (AvgIpc) is 2.46. The Morgan fingerprint density at radius 2 is 2.20 bits per heavy atom. The number of hydrogen-bond donors (Lipinski definition) is 1. The topological polar surface area (TPSA) is 63.2 Å². The maximum absolute atomic E-state index is 11.6. The molecule has 88 valence electrons. The molecule has 2 unspecified atom stereocenters. The van der Waals surface area contributed by atoms with Crippen molar-refractivity contribution in [3.05, 3.63) is 0 Å². The van der Waals surface area contributed by atoms with Crippen molar-refractivity contribution >= 4 is 15.7 Å². The first-order valence-electron chi connectivity index (χ1n) is 5.45. The van der Waals surface area contributed by atoms with Gasteiger partial charge in [-0.25, -0.2) is 8.42 Å².